The third-order valence-corrected chi connectivity index (χ3v) is 23.2. The first-order valence-electron chi connectivity index (χ1n) is 28.8. The lowest BCUT2D eigenvalue weighted by Crippen LogP contribution is -2.28. The quantitative estimate of drug-likeness (QED) is 0.142. The number of benzene rings is 8. The van der Waals surface area contributed by atoms with Gasteiger partial charge in [0.15, 0.2) is 0 Å². The van der Waals surface area contributed by atoms with Crippen LogP contribution in [0.25, 0.3) is 70.4 Å². The van der Waals surface area contributed by atoms with Crippen molar-refractivity contribution in [2.75, 3.05) is 0 Å². The van der Waals surface area contributed by atoms with E-state index in [0.717, 1.165) is 40.3 Å². The van der Waals surface area contributed by atoms with Crippen molar-refractivity contribution in [1.82, 2.24) is 4.40 Å². The van der Waals surface area contributed by atoms with Gasteiger partial charge in [-0.3, -0.25) is 0 Å². The largest absolute Gasteiger partial charge is 0.308 e. The van der Waals surface area contributed by atoms with Crippen molar-refractivity contribution in [2.24, 2.45) is 23.7 Å². The lowest BCUT2D eigenvalue weighted by molar-refractivity contribution is 0.165. The highest BCUT2D eigenvalue weighted by Crippen LogP contribution is 2.64. The van der Waals surface area contributed by atoms with Gasteiger partial charge in [-0.1, -0.05) is 48.5 Å². The third-order valence-electron chi connectivity index (χ3n) is 23.2. The van der Waals surface area contributed by atoms with Crippen LogP contribution in [0.2, 0.25) is 0 Å². The van der Waals surface area contributed by atoms with Crippen molar-refractivity contribution in [3.63, 3.8) is 0 Å². The molecule has 0 N–H and O–H groups in total. The standard InChI is InChI=1S/C70H55N3/c71-30-42-23-59-67(61-37-11-9-36(10-12-37)60(42)61)69-65-55-28-51-41-21-34-14-35(22-41)20-40(19-34)50(51)27-53(55)52-25-48-38-15-32-13-33(16-38)18-39(17-32)49(48)26-54(52)56(65)29-57-66-58(73(59)70(57)69)24-43(31-72)62-63-44-5-1-3-7-46(44)64(68(62)66)47-8-4-2-6-45(47)63/h1-8,23-29,32-41,63-64H,9-22H2. The highest BCUT2D eigenvalue weighted by Gasteiger charge is 2.48. The van der Waals surface area contributed by atoms with E-state index in [1.807, 2.05) is 0 Å². The molecule has 3 heteroatoms. The molecule has 12 bridgehead atoms. The van der Waals surface area contributed by atoms with Gasteiger partial charge in [-0.05, 0) is 285 Å². The zero-order valence-corrected chi connectivity index (χ0v) is 41.3. The first-order chi connectivity index (χ1) is 36.0. The van der Waals surface area contributed by atoms with Crippen molar-refractivity contribution in [2.45, 2.75) is 137 Å². The van der Waals surface area contributed by atoms with E-state index in [4.69, 9.17) is 0 Å². The van der Waals surface area contributed by atoms with E-state index in [2.05, 4.69) is 108 Å². The minimum atomic E-state index is -0.000673. The Bertz CT molecular complexity index is 4330. The molecule has 0 spiro atoms. The lowest BCUT2D eigenvalue weighted by Gasteiger charge is -2.43. The zero-order chi connectivity index (χ0) is 47.0. The van der Waals surface area contributed by atoms with Crippen LogP contribution in [-0.2, 0) is 0 Å². The number of rotatable bonds is 0. The SMILES string of the molecule is N#Cc1cc2c(c3c1C1CCC3CC1)c1c3c4cc5c(cc4c4cc6c(cc4c3cc3c4c7c(c(C#N)cc4n2c31)C1c2ccccc2C7c2ccccc21)C1CC2CC(CC6C2)C1)C1CC2CC(C1)CC5C2. The molecule has 73 heavy (non-hydrogen) atoms. The molecule has 14 aliphatic rings. The second kappa shape index (κ2) is 13.0. The maximum absolute atomic E-state index is 11.5. The van der Waals surface area contributed by atoms with E-state index in [9.17, 15) is 10.5 Å². The molecule has 4 unspecified atom stereocenters. The van der Waals surface area contributed by atoms with Crippen LogP contribution in [0.4, 0.5) is 0 Å². The number of nitrogens with zero attached hydrogens (tertiary/aromatic N) is 3. The molecule has 5 saturated carbocycles. The van der Waals surface area contributed by atoms with Gasteiger partial charge in [0, 0.05) is 38.8 Å². The Labute approximate surface area is 425 Å². The van der Waals surface area contributed by atoms with E-state index in [0.29, 0.717) is 35.5 Å². The fraction of sp³-hybridized carbons (Fsp3) is 0.371. The summed E-state index contributed by atoms with van der Waals surface area (Å²) in [5, 5.41) is 37.2. The molecule has 2 aromatic heterocycles. The van der Waals surface area contributed by atoms with Crippen molar-refractivity contribution in [3.05, 3.63) is 169 Å². The van der Waals surface area contributed by atoms with Crippen LogP contribution in [0.15, 0.2) is 91.0 Å². The van der Waals surface area contributed by atoms with Gasteiger partial charge in [-0.25, -0.2) is 0 Å². The Morgan fingerprint density at radius 1 is 0.342 bits per heavy atom. The lowest BCUT2D eigenvalue weighted by atomic mass is 9.59. The molecule has 2 heterocycles. The average molecular weight is 938 g/mol. The van der Waals surface area contributed by atoms with E-state index in [1.165, 1.54) is 199 Å². The van der Waals surface area contributed by atoms with Crippen LogP contribution in [-0.4, -0.2) is 4.40 Å². The summed E-state index contributed by atoms with van der Waals surface area (Å²) < 4.78 is 2.62. The normalized spacial score (nSPS) is 31.0. The summed E-state index contributed by atoms with van der Waals surface area (Å²) in [5.74, 6) is 7.02. The molecule has 24 rings (SSSR count). The molecular weight excluding hydrogens is 883 g/mol. The minimum absolute atomic E-state index is 0.000673. The molecule has 0 saturated heterocycles. The molecule has 0 radical (unpaired) electrons. The number of fused-ring (bicyclic) bond motifs is 15. The Hall–Kier alpha value is -6.68. The fourth-order valence-electron chi connectivity index (χ4n) is 21.1. The number of nitriles is 2. The molecule has 0 aliphatic heterocycles. The van der Waals surface area contributed by atoms with Crippen molar-refractivity contribution < 1.29 is 0 Å². The van der Waals surface area contributed by atoms with Crippen LogP contribution >= 0.6 is 0 Å². The van der Waals surface area contributed by atoms with Crippen molar-refractivity contribution >= 4 is 70.4 Å². The van der Waals surface area contributed by atoms with Crippen LogP contribution < -0.4 is 0 Å². The Morgan fingerprint density at radius 3 is 1.25 bits per heavy atom. The summed E-state index contributed by atoms with van der Waals surface area (Å²) >= 11 is 0. The Balaban J connectivity index is 1.03. The van der Waals surface area contributed by atoms with Crippen LogP contribution in [0.1, 0.15) is 215 Å². The third kappa shape index (κ3) is 4.50. The monoisotopic (exact) mass is 937 g/mol. The van der Waals surface area contributed by atoms with Gasteiger partial charge in [0.25, 0.3) is 0 Å². The second-order valence-corrected chi connectivity index (χ2v) is 26.3. The first kappa shape index (κ1) is 38.9. The second-order valence-electron chi connectivity index (χ2n) is 26.3. The number of hydrogen-bond donors (Lipinski definition) is 0. The number of aromatic nitrogens is 1. The van der Waals surface area contributed by atoms with Gasteiger partial charge >= 0.3 is 0 Å². The van der Waals surface area contributed by atoms with Crippen LogP contribution in [0.3, 0.4) is 0 Å². The van der Waals surface area contributed by atoms with Gasteiger partial charge in [0.1, 0.15) is 0 Å². The molecule has 350 valence electrons. The topological polar surface area (TPSA) is 52.0 Å². The zero-order valence-electron chi connectivity index (χ0n) is 41.3. The van der Waals surface area contributed by atoms with Gasteiger partial charge in [0.2, 0.25) is 0 Å². The summed E-state index contributed by atoms with van der Waals surface area (Å²) in [6.45, 7) is 0. The molecular formula is C70H55N3. The first-order valence-corrected chi connectivity index (χ1v) is 28.8. The number of hydrogen-bond acceptors (Lipinski definition) is 2. The minimum Gasteiger partial charge on any atom is -0.308 e. The van der Waals surface area contributed by atoms with Crippen LogP contribution in [0.5, 0.6) is 0 Å². The highest BCUT2D eigenvalue weighted by atomic mass is 14.9. The van der Waals surface area contributed by atoms with Gasteiger partial charge < -0.3 is 4.40 Å². The molecule has 5 fully saturated rings. The van der Waals surface area contributed by atoms with Gasteiger partial charge in [-0.15, -0.1) is 0 Å². The van der Waals surface area contributed by atoms with Crippen molar-refractivity contribution in [3.8, 4) is 12.1 Å². The molecule has 8 aromatic carbocycles. The molecule has 14 aliphatic carbocycles. The smallest absolute Gasteiger partial charge is 0.0995 e. The van der Waals surface area contributed by atoms with Gasteiger partial charge in [0.05, 0.1) is 39.8 Å². The van der Waals surface area contributed by atoms with E-state index >= 15 is 0 Å². The molecule has 10 aromatic rings. The van der Waals surface area contributed by atoms with E-state index in [-0.39, 0.29) is 11.8 Å². The average Bonchev–Trinajstić information content (AvgIpc) is 3.83. The summed E-state index contributed by atoms with van der Waals surface area (Å²) in [4.78, 5) is 0. The fourth-order valence-corrected chi connectivity index (χ4v) is 21.1. The Kier molecular flexibility index (Phi) is 6.91. The predicted octanol–water partition coefficient (Wildman–Crippen LogP) is 17.6. The van der Waals surface area contributed by atoms with E-state index in [1.54, 1.807) is 22.3 Å². The summed E-state index contributed by atoms with van der Waals surface area (Å²) in [6, 6.07) is 42.6. The summed E-state index contributed by atoms with van der Waals surface area (Å²) in [6.07, 6.45) is 18.6. The molecule has 0 amide bonds. The maximum atomic E-state index is 11.5. The van der Waals surface area contributed by atoms with E-state index < -0.39 is 0 Å². The Morgan fingerprint density at radius 2 is 0.753 bits per heavy atom. The summed E-state index contributed by atoms with van der Waals surface area (Å²) in [5.41, 5.74) is 23.0. The predicted molar refractivity (Wildman–Crippen MR) is 293 cm³/mol. The molecule has 3 nitrogen and oxygen atoms in total. The highest BCUT2D eigenvalue weighted by molar-refractivity contribution is 6.41. The van der Waals surface area contributed by atoms with Crippen molar-refractivity contribution in [1.29, 1.82) is 10.5 Å². The molecule has 4 atom stereocenters. The van der Waals surface area contributed by atoms with Gasteiger partial charge in [-0.2, -0.15) is 10.5 Å². The van der Waals surface area contributed by atoms with Crippen LogP contribution in [0, 0.1) is 46.3 Å². The summed E-state index contributed by atoms with van der Waals surface area (Å²) in [7, 11) is 0. The maximum Gasteiger partial charge on any atom is 0.0995 e.